The molecule has 0 saturated heterocycles. The van der Waals surface area contributed by atoms with Crippen molar-refractivity contribution in [3.8, 4) is 0 Å². The quantitative estimate of drug-likeness (QED) is 0.617. The van der Waals surface area contributed by atoms with Crippen LogP contribution in [0.2, 0.25) is 0 Å². The number of nitrogens with one attached hydrogen (secondary N) is 1. The van der Waals surface area contributed by atoms with Gasteiger partial charge in [0.2, 0.25) is 0 Å². The summed E-state index contributed by atoms with van der Waals surface area (Å²) in [6.45, 7) is 0.293. The van der Waals surface area contributed by atoms with Gasteiger partial charge in [0.15, 0.2) is 0 Å². The predicted octanol–water partition coefficient (Wildman–Crippen LogP) is 2.03. The zero-order valence-corrected chi connectivity index (χ0v) is 11.4. The second kappa shape index (κ2) is 5.58. The first-order chi connectivity index (χ1) is 9.42. The van der Waals surface area contributed by atoms with Gasteiger partial charge in [-0.05, 0) is 18.3 Å². The average molecular weight is 298 g/mol. The highest BCUT2D eigenvalue weighted by Gasteiger charge is 2.39. The van der Waals surface area contributed by atoms with E-state index in [1.807, 2.05) is 0 Å². The molecule has 0 spiro atoms. The monoisotopic (exact) mass is 298 g/mol. The molecule has 2 rings (SSSR count). The Morgan fingerprint density at radius 1 is 1.50 bits per heavy atom. The molecule has 1 heterocycles. The van der Waals surface area contributed by atoms with Gasteiger partial charge in [-0.3, -0.25) is 19.7 Å². The molecule has 2 N–H and O–H groups in total. The van der Waals surface area contributed by atoms with E-state index in [0.717, 1.165) is 30.6 Å². The lowest BCUT2D eigenvalue weighted by Gasteiger charge is -2.40. The molecular formula is C12H14N2O5S. The van der Waals surface area contributed by atoms with E-state index >= 15 is 0 Å². The van der Waals surface area contributed by atoms with Gasteiger partial charge < -0.3 is 10.4 Å². The molecule has 1 amide bonds. The van der Waals surface area contributed by atoms with Crippen LogP contribution in [0.1, 0.15) is 36.0 Å². The number of aliphatic carboxylic acids is 1. The Labute approximate surface area is 118 Å². The van der Waals surface area contributed by atoms with Gasteiger partial charge in [-0.2, -0.15) is 0 Å². The fraction of sp³-hybridized carbons (Fsp3) is 0.500. The number of hydrogen-bond acceptors (Lipinski definition) is 5. The third kappa shape index (κ3) is 3.13. The molecule has 8 heteroatoms. The molecule has 1 aromatic heterocycles. The van der Waals surface area contributed by atoms with E-state index in [1.165, 1.54) is 11.4 Å². The Hall–Kier alpha value is -1.96. The van der Waals surface area contributed by atoms with Crippen molar-refractivity contribution in [2.24, 2.45) is 5.41 Å². The lowest BCUT2D eigenvalue weighted by Crippen LogP contribution is -2.43. The molecule has 0 bridgehead atoms. The maximum absolute atomic E-state index is 11.9. The van der Waals surface area contributed by atoms with Crippen LogP contribution in [-0.2, 0) is 4.79 Å². The maximum Gasteiger partial charge on any atom is 0.324 e. The van der Waals surface area contributed by atoms with E-state index < -0.39 is 16.8 Å². The second-order valence-corrected chi connectivity index (χ2v) is 5.93. The van der Waals surface area contributed by atoms with Gasteiger partial charge in [0, 0.05) is 18.0 Å². The largest absolute Gasteiger partial charge is 0.481 e. The summed E-state index contributed by atoms with van der Waals surface area (Å²) in [7, 11) is 0. The van der Waals surface area contributed by atoms with Gasteiger partial charge in [-0.1, -0.05) is 17.8 Å². The number of hydrogen-bond donors (Lipinski definition) is 2. The summed E-state index contributed by atoms with van der Waals surface area (Å²) in [5, 5.41) is 23.5. The highest BCUT2D eigenvalue weighted by molar-refractivity contribution is 7.13. The van der Waals surface area contributed by atoms with E-state index in [-0.39, 0.29) is 22.4 Å². The number of amides is 1. The van der Waals surface area contributed by atoms with Crippen molar-refractivity contribution in [2.45, 2.75) is 25.7 Å². The van der Waals surface area contributed by atoms with Crippen LogP contribution in [0, 0.1) is 15.5 Å². The Morgan fingerprint density at radius 3 is 2.65 bits per heavy atom. The molecule has 1 aliphatic rings. The molecule has 0 radical (unpaired) electrons. The van der Waals surface area contributed by atoms with E-state index in [9.17, 15) is 19.7 Å². The molecule has 1 saturated carbocycles. The smallest absolute Gasteiger partial charge is 0.324 e. The van der Waals surface area contributed by atoms with Crippen LogP contribution in [0.25, 0.3) is 0 Å². The zero-order chi connectivity index (χ0) is 14.8. The van der Waals surface area contributed by atoms with Crippen molar-refractivity contribution in [1.29, 1.82) is 0 Å². The summed E-state index contributed by atoms with van der Waals surface area (Å²) >= 11 is 0.896. The minimum atomic E-state index is -0.870. The van der Waals surface area contributed by atoms with Crippen LogP contribution >= 0.6 is 11.3 Å². The van der Waals surface area contributed by atoms with Crippen LogP contribution in [0.5, 0.6) is 0 Å². The lowest BCUT2D eigenvalue weighted by molar-refractivity contribution is -0.380. The van der Waals surface area contributed by atoms with Crippen molar-refractivity contribution in [2.75, 3.05) is 6.54 Å². The highest BCUT2D eigenvalue weighted by Crippen LogP contribution is 2.43. The Morgan fingerprint density at radius 2 is 2.20 bits per heavy atom. The number of carbonyl (C=O) groups is 2. The maximum atomic E-state index is 11.9. The summed E-state index contributed by atoms with van der Waals surface area (Å²) < 4.78 is 0. The van der Waals surface area contributed by atoms with Crippen LogP contribution in [0.15, 0.2) is 11.4 Å². The summed E-state index contributed by atoms with van der Waals surface area (Å²) in [6, 6.07) is 1.23. The number of carboxylic acids is 1. The molecule has 0 aliphatic heterocycles. The van der Waals surface area contributed by atoms with Crippen LogP contribution in [0.3, 0.4) is 0 Å². The molecule has 0 atom stereocenters. The van der Waals surface area contributed by atoms with Crippen molar-refractivity contribution >= 4 is 28.2 Å². The molecule has 1 fully saturated rings. The van der Waals surface area contributed by atoms with Crippen molar-refractivity contribution in [3.05, 3.63) is 27.1 Å². The van der Waals surface area contributed by atoms with Gasteiger partial charge in [-0.15, -0.1) is 0 Å². The van der Waals surface area contributed by atoms with E-state index in [1.54, 1.807) is 0 Å². The average Bonchev–Trinajstić information content (AvgIpc) is 2.81. The number of carbonyl (C=O) groups excluding carboxylic acids is 1. The molecule has 1 aliphatic carbocycles. The highest BCUT2D eigenvalue weighted by atomic mass is 32.1. The van der Waals surface area contributed by atoms with E-state index in [4.69, 9.17) is 5.11 Å². The SMILES string of the molecule is O=C(O)CC1(CNC(=O)c2csc([N+](=O)[O-])c2)CCC1. The standard InChI is InChI=1S/C12H14N2O5S/c15-10(16)5-12(2-1-3-12)7-13-11(17)8-4-9(14(18)19)20-6-8/h4,6H,1-3,5,7H2,(H,13,17)(H,15,16). The number of carboxylic acid groups (broad SMARTS) is 1. The van der Waals surface area contributed by atoms with Crippen molar-refractivity contribution in [1.82, 2.24) is 5.32 Å². The van der Waals surface area contributed by atoms with Gasteiger partial charge in [0.25, 0.3) is 5.91 Å². The fourth-order valence-corrected chi connectivity index (χ4v) is 3.03. The first kappa shape index (κ1) is 14.4. The minimum Gasteiger partial charge on any atom is -0.481 e. The number of rotatable bonds is 6. The van der Waals surface area contributed by atoms with E-state index in [2.05, 4.69) is 5.32 Å². The van der Waals surface area contributed by atoms with Gasteiger partial charge in [-0.25, -0.2) is 0 Å². The molecule has 0 unspecified atom stereocenters. The normalized spacial score (nSPS) is 16.2. The molecule has 7 nitrogen and oxygen atoms in total. The van der Waals surface area contributed by atoms with Crippen LogP contribution < -0.4 is 5.32 Å². The predicted molar refractivity (Wildman–Crippen MR) is 71.8 cm³/mol. The zero-order valence-electron chi connectivity index (χ0n) is 10.6. The molecule has 108 valence electrons. The third-order valence-electron chi connectivity index (χ3n) is 3.59. The van der Waals surface area contributed by atoms with Crippen molar-refractivity contribution in [3.63, 3.8) is 0 Å². The number of thiophene rings is 1. The summed E-state index contributed by atoms with van der Waals surface area (Å²) in [5.41, 5.74) is -0.116. The Kier molecular flexibility index (Phi) is 4.03. The summed E-state index contributed by atoms with van der Waals surface area (Å²) in [5.74, 6) is -1.27. The third-order valence-corrected chi connectivity index (χ3v) is 4.47. The molecule has 0 aromatic carbocycles. The Balaban J connectivity index is 1.94. The van der Waals surface area contributed by atoms with Gasteiger partial charge in [0.05, 0.1) is 16.9 Å². The van der Waals surface area contributed by atoms with Gasteiger partial charge >= 0.3 is 11.0 Å². The topological polar surface area (TPSA) is 110 Å². The molecular weight excluding hydrogens is 284 g/mol. The summed E-state index contributed by atoms with van der Waals surface area (Å²) in [6.07, 6.45) is 2.57. The first-order valence-electron chi connectivity index (χ1n) is 6.15. The summed E-state index contributed by atoms with van der Waals surface area (Å²) in [4.78, 5) is 32.7. The van der Waals surface area contributed by atoms with Gasteiger partial charge in [0.1, 0.15) is 0 Å². The number of nitrogens with zero attached hydrogens (tertiary/aromatic N) is 1. The molecule has 1 aromatic rings. The molecule has 20 heavy (non-hydrogen) atoms. The lowest BCUT2D eigenvalue weighted by atomic mass is 9.66. The van der Waals surface area contributed by atoms with Crippen LogP contribution in [0.4, 0.5) is 5.00 Å². The minimum absolute atomic E-state index is 0.0388. The Bertz CT molecular complexity index is 550. The van der Waals surface area contributed by atoms with E-state index in [0.29, 0.717) is 6.54 Å². The fourth-order valence-electron chi connectivity index (χ4n) is 2.32. The first-order valence-corrected chi connectivity index (χ1v) is 7.03. The number of nitro groups is 1. The van der Waals surface area contributed by atoms with Crippen LogP contribution in [-0.4, -0.2) is 28.5 Å². The van der Waals surface area contributed by atoms with Crippen molar-refractivity contribution < 1.29 is 19.6 Å². The second-order valence-electron chi connectivity index (χ2n) is 5.04.